The van der Waals surface area contributed by atoms with Crippen LogP contribution < -0.4 is 19.9 Å². The quantitative estimate of drug-likeness (QED) is 0.111. The molecule has 4 aromatic carbocycles. The van der Waals surface area contributed by atoms with E-state index in [1.165, 1.54) is 31.0 Å². The van der Waals surface area contributed by atoms with Gasteiger partial charge in [-0.15, -0.1) is 0 Å². The Morgan fingerprint density at radius 1 is 0.849 bits per heavy atom. The van der Waals surface area contributed by atoms with Gasteiger partial charge in [-0.05, 0) is 143 Å². The number of hydrogen-bond donors (Lipinski definition) is 3. The van der Waals surface area contributed by atoms with Gasteiger partial charge in [0.25, 0.3) is 5.91 Å². The number of aromatic nitrogens is 2. The van der Waals surface area contributed by atoms with E-state index in [0.29, 0.717) is 61.2 Å². The third-order valence-electron chi connectivity index (χ3n) is 17.2. The molecular weight excluding hydrogens is 961 g/mol. The predicted octanol–water partition coefficient (Wildman–Crippen LogP) is 7.81. The summed E-state index contributed by atoms with van der Waals surface area (Å²) < 4.78 is 54.7. The fourth-order valence-electron chi connectivity index (χ4n) is 13.1. The van der Waals surface area contributed by atoms with Crippen LogP contribution in [-0.4, -0.2) is 136 Å². The molecule has 0 unspecified atom stereocenters. The molecule has 2 atom stereocenters. The van der Waals surface area contributed by atoms with E-state index in [4.69, 9.17) is 21.3 Å². The molecule has 1 spiro atoms. The zero-order chi connectivity index (χ0) is 50.6. The van der Waals surface area contributed by atoms with Crippen LogP contribution in [0.15, 0.2) is 48.5 Å². The minimum Gasteiger partial charge on any atom is -0.508 e. The monoisotopic (exact) mass is 1020 g/mol. The highest BCUT2D eigenvalue weighted by molar-refractivity contribution is 6.37. The van der Waals surface area contributed by atoms with Gasteiger partial charge >= 0.3 is 6.01 Å². The maximum Gasteiger partial charge on any atom is 0.319 e. The van der Waals surface area contributed by atoms with Crippen LogP contribution in [0.25, 0.3) is 32.8 Å². The van der Waals surface area contributed by atoms with E-state index >= 15 is 8.78 Å². The molecule has 14 nitrogen and oxygen atoms in total. The van der Waals surface area contributed by atoms with Crippen molar-refractivity contribution in [2.45, 2.75) is 89.3 Å². The number of phenols is 1. The summed E-state index contributed by atoms with van der Waals surface area (Å²) in [6.07, 6.45) is 8.56. The molecule has 3 N–H and O–H groups in total. The SMILES string of the molecule is C[C@@]1(O)CCCN(c2nc(OCC3(CN4CCC5(CC4)CC(CN4CCN(c6ccc7c(c6)CN([C@H]6CCC(=O)NC6=O)C7=O)CC4)C5)CC3)nc3c(F)c(-c4cc(O)cc5ccc(F)c(Cl)c45)c(F)cc23)C1. The number of nitrogens with one attached hydrogen (secondary N) is 1. The molecule has 2 saturated carbocycles. The molecule has 73 heavy (non-hydrogen) atoms. The highest BCUT2D eigenvalue weighted by atomic mass is 35.5. The normalized spacial score (nSPS) is 24.4. The van der Waals surface area contributed by atoms with Gasteiger partial charge in [-0.3, -0.25) is 24.6 Å². The minimum absolute atomic E-state index is 0.0515. The lowest BCUT2D eigenvalue weighted by molar-refractivity contribution is -0.136. The molecule has 1 aromatic heterocycles. The number of halogens is 4. The summed E-state index contributed by atoms with van der Waals surface area (Å²) in [4.78, 5) is 57.7. The summed E-state index contributed by atoms with van der Waals surface area (Å²) in [6, 6.07) is 11.5. The van der Waals surface area contributed by atoms with Crippen molar-refractivity contribution < 1.29 is 42.5 Å². The highest BCUT2D eigenvalue weighted by Gasteiger charge is 2.50. The number of hydrogen-bond acceptors (Lipinski definition) is 12. The average molecular weight is 1020 g/mol. The van der Waals surface area contributed by atoms with Crippen molar-refractivity contribution in [2.24, 2.45) is 16.7 Å². The molecule has 0 radical (unpaired) electrons. The van der Waals surface area contributed by atoms with Crippen LogP contribution in [-0.2, 0) is 16.1 Å². The van der Waals surface area contributed by atoms with Gasteiger partial charge in [0, 0.05) is 98.3 Å². The molecule has 12 rings (SSSR count). The zero-order valence-electron chi connectivity index (χ0n) is 41.0. The van der Waals surface area contributed by atoms with Crippen LogP contribution in [0.5, 0.6) is 11.8 Å². The smallest absolute Gasteiger partial charge is 0.319 e. The number of carbonyl (C=O) groups excluding carboxylic acids is 3. The number of fused-ring (bicyclic) bond motifs is 3. The first-order valence-electron chi connectivity index (χ1n) is 25.9. The van der Waals surface area contributed by atoms with Crippen LogP contribution in [0.4, 0.5) is 24.7 Å². The van der Waals surface area contributed by atoms with Crippen molar-refractivity contribution in [1.82, 2.24) is 30.0 Å². The molecule has 18 heteroatoms. The molecule has 384 valence electrons. The van der Waals surface area contributed by atoms with Crippen LogP contribution in [0.2, 0.25) is 5.02 Å². The number of piperazine rings is 1. The largest absolute Gasteiger partial charge is 0.508 e. The second-order valence-electron chi connectivity index (χ2n) is 22.6. The number of rotatable bonds is 11. The molecule has 3 amide bonds. The molecule has 5 aromatic rings. The number of ether oxygens (including phenoxy) is 1. The first kappa shape index (κ1) is 48.2. The van der Waals surface area contributed by atoms with Crippen LogP contribution in [0.3, 0.4) is 0 Å². The number of piperidine rings is 3. The van der Waals surface area contributed by atoms with Crippen molar-refractivity contribution in [3.63, 3.8) is 0 Å². The van der Waals surface area contributed by atoms with Gasteiger partial charge in [-0.1, -0.05) is 17.7 Å². The van der Waals surface area contributed by atoms with Crippen molar-refractivity contribution >= 4 is 62.5 Å². The van der Waals surface area contributed by atoms with E-state index in [0.717, 1.165) is 101 Å². The molecule has 7 aliphatic rings. The van der Waals surface area contributed by atoms with Gasteiger partial charge in [0.1, 0.15) is 34.8 Å². The van der Waals surface area contributed by atoms with Gasteiger partial charge in [-0.2, -0.15) is 9.97 Å². The molecule has 0 bridgehead atoms. The fraction of sp³-hybridized carbons (Fsp3) is 0.509. The van der Waals surface area contributed by atoms with Gasteiger partial charge in [0.15, 0.2) is 5.82 Å². The Balaban J connectivity index is 0.663. The number of anilines is 2. The number of phenolic OH excluding ortho intramolecular Hbond substituents is 1. The molecule has 4 saturated heterocycles. The number of aliphatic hydroxyl groups is 1. The Morgan fingerprint density at radius 3 is 2.37 bits per heavy atom. The third-order valence-corrected chi connectivity index (χ3v) is 17.6. The topological polar surface area (TPSA) is 155 Å². The van der Waals surface area contributed by atoms with E-state index in [-0.39, 0.29) is 74.6 Å². The van der Waals surface area contributed by atoms with Gasteiger partial charge < -0.3 is 34.5 Å². The summed E-state index contributed by atoms with van der Waals surface area (Å²) in [6.45, 7) is 10.9. The zero-order valence-corrected chi connectivity index (χ0v) is 41.8. The van der Waals surface area contributed by atoms with Gasteiger partial charge in [0.05, 0.1) is 22.8 Å². The summed E-state index contributed by atoms with van der Waals surface area (Å²) in [7, 11) is 0. The molecule has 6 heterocycles. The Hall–Kier alpha value is -5.75. The lowest BCUT2D eigenvalue weighted by atomic mass is 9.57. The molecule has 6 fully saturated rings. The van der Waals surface area contributed by atoms with Gasteiger partial charge in [0.2, 0.25) is 11.8 Å². The molecule has 2 aliphatic carbocycles. The number of aromatic hydroxyl groups is 1. The highest BCUT2D eigenvalue weighted by Crippen LogP contribution is 2.54. The standard InChI is InChI=1S/C55H60ClF3N8O6/c1-53(72)9-2-14-66(29-53)49-39-24-41(58)45(38-23-36(68)22-33-3-6-40(57)46(56)44(33)38)47(59)48(39)61-52(62-49)73-31-55(10-11-55)30-64-15-12-54(13-16-64)25-32(26-54)27-63-17-19-65(20-18-63)35-4-5-37-34(21-35)28-67(51(37)71)42-7-8-43(69)60-50(42)70/h3-6,21-24,32,42,68,72H,2,7-20,25-31H2,1H3,(H,60,69,70)/t42-,53+/m0/s1. The number of amides is 3. The summed E-state index contributed by atoms with van der Waals surface area (Å²) in [5.74, 6) is -2.94. The van der Waals surface area contributed by atoms with Crippen molar-refractivity contribution in [2.75, 3.05) is 81.9 Å². The number of nitrogens with zero attached hydrogens (tertiary/aromatic N) is 7. The van der Waals surface area contributed by atoms with Crippen LogP contribution in [0, 0.1) is 34.2 Å². The van der Waals surface area contributed by atoms with Crippen LogP contribution >= 0.6 is 11.6 Å². The van der Waals surface area contributed by atoms with Crippen molar-refractivity contribution in [3.8, 4) is 22.9 Å². The van der Waals surface area contributed by atoms with E-state index in [9.17, 15) is 29.0 Å². The fourth-order valence-corrected chi connectivity index (χ4v) is 13.4. The predicted molar refractivity (Wildman–Crippen MR) is 270 cm³/mol. The Morgan fingerprint density at radius 2 is 1.63 bits per heavy atom. The molecular formula is C55H60ClF3N8O6. The number of benzene rings is 4. The lowest BCUT2D eigenvalue weighted by Crippen LogP contribution is -2.53. The summed E-state index contributed by atoms with van der Waals surface area (Å²) >= 11 is 6.41. The Kier molecular flexibility index (Phi) is 12.1. The second-order valence-corrected chi connectivity index (χ2v) is 23.0. The van der Waals surface area contributed by atoms with E-state index in [2.05, 4.69) is 31.1 Å². The lowest BCUT2D eigenvalue weighted by Gasteiger charge is -2.54. The van der Waals surface area contributed by atoms with Gasteiger partial charge in [-0.25, -0.2) is 13.2 Å². The first-order valence-corrected chi connectivity index (χ1v) is 26.3. The number of carbonyl (C=O) groups is 3. The van der Waals surface area contributed by atoms with Crippen LogP contribution in [0.1, 0.15) is 87.1 Å². The average Bonchev–Trinajstić information content (AvgIpc) is 4.04. The Bertz CT molecular complexity index is 3080. The number of imide groups is 1. The first-order chi connectivity index (χ1) is 35.0. The summed E-state index contributed by atoms with van der Waals surface area (Å²) in [5.41, 5.74) is 1.05. The second kappa shape index (κ2) is 18.3. The third kappa shape index (κ3) is 9.11. The van der Waals surface area contributed by atoms with E-state index in [1.54, 1.807) is 11.8 Å². The minimum atomic E-state index is -1.05. The molecule has 5 aliphatic heterocycles. The number of likely N-dealkylation sites (tertiary alicyclic amines) is 1. The van der Waals surface area contributed by atoms with E-state index in [1.807, 2.05) is 17.0 Å². The van der Waals surface area contributed by atoms with Crippen molar-refractivity contribution in [1.29, 1.82) is 0 Å². The maximum atomic E-state index is 17.1. The Labute approximate surface area is 426 Å². The summed E-state index contributed by atoms with van der Waals surface area (Å²) in [5, 5.41) is 24.2. The maximum absolute atomic E-state index is 17.1. The number of β-amino-alcohol motifs (C(OH)–C–C–N with tert-alkyl or cyclic N) is 1. The van der Waals surface area contributed by atoms with E-state index < -0.39 is 40.6 Å². The van der Waals surface area contributed by atoms with Crippen molar-refractivity contribution in [3.05, 3.63) is 82.1 Å².